The van der Waals surface area contributed by atoms with Crippen molar-refractivity contribution in [1.29, 1.82) is 0 Å². The van der Waals surface area contributed by atoms with Crippen molar-refractivity contribution in [1.82, 2.24) is 4.98 Å². The monoisotopic (exact) mass is 371 g/mol. The van der Waals surface area contributed by atoms with E-state index in [9.17, 15) is 13.2 Å². The molecule has 1 aliphatic heterocycles. The van der Waals surface area contributed by atoms with Crippen molar-refractivity contribution in [3.05, 3.63) is 53.7 Å². The first kappa shape index (κ1) is 18.1. The van der Waals surface area contributed by atoms with E-state index in [1.165, 1.54) is 35.7 Å². The molecule has 1 amide bonds. The van der Waals surface area contributed by atoms with E-state index in [0.717, 1.165) is 31.2 Å². The minimum absolute atomic E-state index is 0.0231. The van der Waals surface area contributed by atoms with E-state index in [-0.39, 0.29) is 10.9 Å². The summed E-state index contributed by atoms with van der Waals surface area (Å²) in [6, 6.07) is 9.07. The molecule has 1 aliphatic rings. The Morgan fingerprint density at radius 1 is 1.27 bits per heavy atom. The first-order valence-electron chi connectivity index (χ1n) is 8.32. The fourth-order valence-corrected chi connectivity index (χ4v) is 3.50. The molecule has 2 heterocycles. The summed E-state index contributed by atoms with van der Waals surface area (Å²) in [7, 11) is -1.26. The molecule has 0 radical (unpaired) electrons. The van der Waals surface area contributed by atoms with Gasteiger partial charge >= 0.3 is 0 Å². The molecule has 0 aliphatic carbocycles. The van der Waals surface area contributed by atoms with Crippen molar-refractivity contribution in [2.45, 2.75) is 17.9 Å². The third-order valence-electron chi connectivity index (χ3n) is 4.27. The summed E-state index contributed by atoms with van der Waals surface area (Å²) in [4.78, 5) is 18.1. The molecular weight excluding hydrogens is 350 g/mol. The Labute approximate surface area is 153 Å². The largest absolute Gasteiger partial charge is 0.374 e. The lowest BCUT2D eigenvalue weighted by Gasteiger charge is -2.27. The molecule has 0 bridgehead atoms. The molecule has 1 aromatic carbocycles. The van der Waals surface area contributed by atoms with Crippen LogP contribution in [-0.2, 0) is 21.1 Å². The summed E-state index contributed by atoms with van der Waals surface area (Å²) in [5.41, 5.74) is 3.95. The number of benzene rings is 1. The number of aromatic nitrogens is 1. The fraction of sp³-hybridized carbons (Fsp3) is 0.263. The van der Waals surface area contributed by atoms with Crippen LogP contribution >= 0.6 is 0 Å². The van der Waals surface area contributed by atoms with Gasteiger partial charge in [-0.25, -0.2) is 13.4 Å². The van der Waals surface area contributed by atoms with E-state index in [1.807, 2.05) is 6.07 Å². The molecule has 26 heavy (non-hydrogen) atoms. The number of aryl methyl sites for hydroxylation is 1. The molecule has 0 saturated carbocycles. The minimum Gasteiger partial charge on any atom is -0.374 e. The molecular formula is C19H21N3O3S. The number of fused-ring (bicyclic) bond motifs is 1. The summed E-state index contributed by atoms with van der Waals surface area (Å²) < 4.78 is 22.8. The lowest BCUT2D eigenvalue weighted by molar-refractivity contribution is -0.111. The molecule has 0 atom stereocenters. The summed E-state index contributed by atoms with van der Waals surface area (Å²) in [5.74, 6) is -0.297. The highest BCUT2D eigenvalue weighted by atomic mass is 32.2. The predicted octanol–water partition coefficient (Wildman–Crippen LogP) is 2.52. The van der Waals surface area contributed by atoms with Crippen LogP contribution < -0.4 is 10.2 Å². The van der Waals surface area contributed by atoms with Crippen LogP contribution in [0.2, 0.25) is 0 Å². The number of anilines is 2. The number of carbonyl (C=O) groups is 1. The molecule has 0 saturated heterocycles. The molecule has 0 fully saturated rings. The van der Waals surface area contributed by atoms with Crippen LogP contribution in [0.25, 0.3) is 6.08 Å². The van der Waals surface area contributed by atoms with E-state index in [0.29, 0.717) is 5.69 Å². The number of rotatable bonds is 4. The Kier molecular flexibility index (Phi) is 5.08. The topological polar surface area (TPSA) is 79.4 Å². The quantitative estimate of drug-likeness (QED) is 0.836. The zero-order valence-corrected chi connectivity index (χ0v) is 15.6. The van der Waals surface area contributed by atoms with Gasteiger partial charge in [0.05, 0.1) is 11.9 Å². The highest BCUT2D eigenvalue weighted by Gasteiger charge is 2.13. The zero-order valence-electron chi connectivity index (χ0n) is 14.8. The standard InChI is InChI=1S/C19H21N3O3S/c1-22-11-3-4-15-12-14(5-8-17(15)22)6-9-18(23)21-16-7-10-19(20-13-16)26(2,24)25/h5-10,12-13H,3-4,11H2,1-2H3,(H,21,23)/b9-6+. The van der Waals surface area contributed by atoms with Crippen molar-refractivity contribution < 1.29 is 13.2 Å². The first-order chi connectivity index (χ1) is 12.3. The summed E-state index contributed by atoms with van der Waals surface area (Å²) in [5, 5.41) is 2.65. The van der Waals surface area contributed by atoms with Gasteiger partial charge in [0.15, 0.2) is 14.9 Å². The van der Waals surface area contributed by atoms with Gasteiger partial charge in [0.1, 0.15) is 0 Å². The third-order valence-corrected chi connectivity index (χ3v) is 5.27. The molecule has 0 unspecified atom stereocenters. The number of nitrogens with zero attached hydrogens (tertiary/aromatic N) is 2. The van der Waals surface area contributed by atoms with Gasteiger partial charge in [-0.1, -0.05) is 6.07 Å². The van der Waals surface area contributed by atoms with E-state index in [1.54, 1.807) is 6.08 Å². The van der Waals surface area contributed by atoms with E-state index >= 15 is 0 Å². The Morgan fingerprint density at radius 2 is 2.08 bits per heavy atom. The van der Waals surface area contributed by atoms with Crippen LogP contribution in [0.3, 0.4) is 0 Å². The molecule has 136 valence electrons. The Bertz CT molecular complexity index is 950. The maximum Gasteiger partial charge on any atom is 0.248 e. The maximum absolute atomic E-state index is 12.1. The molecule has 1 N–H and O–H groups in total. The average molecular weight is 371 g/mol. The Hall–Kier alpha value is -2.67. The molecule has 6 nitrogen and oxygen atoms in total. The van der Waals surface area contributed by atoms with E-state index in [2.05, 4.69) is 34.4 Å². The molecule has 2 aromatic rings. The van der Waals surface area contributed by atoms with Crippen molar-refractivity contribution in [2.75, 3.05) is 30.1 Å². The number of sulfone groups is 1. The van der Waals surface area contributed by atoms with Crippen LogP contribution in [0.15, 0.2) is 47.6 Å². The summed E-state index contributed by atoms with van der Waals surface area (Å²) in [6.45, 7) is 1.07. The van der Waals surface area contributed by atoms with Gasteiger partial charge in [-0.15, -0.1) is 0 Å². The van der Waals surface area contributed by atoms with Crippen LogP contribution in [0.5, 0.6) is 0 Å². The highest BCUT2D eigenvalue weighted by molar-refractivity contribution is 7.90. The second kappa shape index (κ2) is 7.29. The number of pyridine rings is 1. The van der Waals surface area contributed by atoms with Gasteiger partial charge in [0.25, 0.3) is 0 Å². The Morgan fingerprint density at radius 3 is 2.77 bits per heavy atom. The highest BCUT2D eigenvalue weighted by Crippen LogP contribution is 2.27. The molecule has 1 aromatic heterocycles. The Balaban J connectivity index is 1.66. The average Bonchev–Trinajstić information content (AvgIpc) is 2.60. The number of hydrogen-bond donors (Lipinski definition) is 1. The molecule has 3 rings (SSSR count). The van der Waals surface area contributed by atoms with Gasteiger partial charge < -0.3 is 10.2 Å². The number of amides is 1. The lowest BCUT2D eigenvalue weighted by atomic mass is 9.99. The number of carbonyl (C=O) groups excluding carboxylic acids is 1. The number of nitrogens with one attached hydrogen (secondary N) is 1. The van der Waals surface area contributed by atoms with Crippen LogP contribution in [0, 0.1) is 0 Å². The van der Waals surface area contributed by atoms with Crippen molar-refractivity contribution in [3.63, 3.8) is 0 Å². The molecule has 7 heteroatoms. The van der Waals surface area contributed by atoms with Crippen molar-refractivity contribution in [3.8, 4) is 0 Å². The smallest absolute Gasteiger partial charge is 0.248 e. The molecule has 0 spiro atoms. The lowest BCUT2D eigenvalue weighted by Crippen LogP contribution is -2.24. The van der Waals surface area contributed by atoms with Gasteiger partial charge in [0.2, 0.25) is 5.91 Å². The third kappa shape index (κ3) is 4.29. The number of hydrogen-bond acceptors (Lipinski definition) is 5. The first-order valence-corrected chi connectivity index (χ1v) is 10.2. The van der Waals surface area contributed by atoms with E-state index in [4.69, 9.17) is 0 Å². The van der Waals surface area contributed by atoms with Crippen molar-refractivity contribution in [2.24, 2.45) is 0 Å². The maximum atomic E-state index is 12.1. The second-order valence-electron chi connectivity index (χ2n) is 6.39. The zero-order chi connectivity index (χ0) is 18.7. The summed E-state index contributed by atoms with van der Waals surface area (Å²) >= 11 is 0. The van der Waals surface area contributed by atoms with Gasteiger partial charge in [-0.2, -0.15) is 0 Å². The second-order valence-corrected chi connectivity index (χ2v) is 8.36. The predicted molar refractivity (Wildman–Crippen MR) is 103 cm³/mol. The normalized spacial score (nSPS) is 14.3. The van der Waals surface area contributed by atoms with Crippen LogP contribution in [0.1, 0.15) is 17.5 Å². The SMILES string of the molecule is CN1CCCc2cc(/C=C/C(=O)Nc3ccc(S(C)(=O)=O)nc3)ccc21. The fourth-order valence-electron chi connectivity index (χ4n) is 2.94. The van der Waals surface area contributed by atoms with Crippen LogP contribution in [-0.4, -0.2) is 39.2 Å². The minimum atomic E-state index is -3.35. The van der Waals surface area contributed by atoms with Gasteiger partial charge in [-0.3, -0.25) is 4.79 Å². The van der Waals surface area contributed by atoms with Gasteiger partial charge in [-0.05, 0) is 54.3 Å². The van der Waals surface area contributed by atoms with E-state index < -0.39 is 9.84 Å². The van der Waals surface area contributed by atoms with Gasteiger partial charge in [0, 0.05) is 31.6 Å². The van der Waals surface area contributed by atoms with Crippen molar-refractivity contribution >= 4 is 33.2 Å². The van der Waals surface area contributed by atoms with Crippen LogP contribution in [0.4, 0.5) is 11.4 Å². The summed E-state index contributed by atoms with van der Waals surface area (Å²) in [6.07, 6.45) is 7.82.